The fraction of sp³-hybridized carbons (Fsp3) is 0.529. The molecule has 1 aliphatic carbocycles. The van der Waals surface area contributed by atoms with Crippen LogP contribution in [-0.4, -0.2) is 48.7 Å². The van der Waals surface area contributed by atoms with E-state index >= 15 is 0 Å². The molecule has 5 atom stereocenters. The molecule has 1 N–H and O–H groups in total. The van der Waals surface area contributed by atoms with Gasteiger partial charge in [-0.1, -0.05) is 6.08 Å². The van der Waals surface area contributed by atoms with Crippen molar-refractivity contribution in [2.75, 3.05) is 20.4 Å². The molecule has 0 amide bonds. The van der Waals surface area contributed by atoms with Gasteiger partial charge in [-0.05, 0) is 35.3 Å². The van der Waals surface area contributed by atoms with Gasteiger partial charge in [-0.25, -0.2) is 0 Å². The van der Waals surface area contributed by atoms with Crippen LogP contribution in [0.4, 0.5) is 0 Å². The summed E-state index contributed by atoms with van der Waals surface area (Å²) in [5, 5.41) is 10.3. The summed E-state index contributed by atoms with van der Waals surface area (Å²) in [5.41, 5.74) is 4.00. The molecule has 3 heterocycles. The van der Waals surface area contributed by atoms with Gasteiger partial charge < -0.3 is 19.3 Å². The molecule has 0 radical (unpaired) electrons. The molecule has 2 bridgehead atoms. The fourth-order valence-electron chi connectivity index (χ4n) is 4.45. The second-order valence-corrected chi connectivity index (χ2v) is 6.57. The first-order valence-electron chi connectivity index (χ1n) is 7.83. The minimum absolute atomic E-state index is 0.104. The number of aliphatic hydroxyl groups is 1. The van der Waals surface area contributed by atoms with Gasteiger partial charge in [0, 0.05) is 32.2 Å². The summed E-state index contributed by atoms with van der Waals surface area (Å²) in [5.74, 6) is 2.06. The maximum absolute atomic E-state index is 10.3. The minimum Gasteiger partial charge on any atom is -0.454 e. The zero-order valence-corrected chi connectivity index (χ0v) is 12.5. The molecule has 5 rings (SSSR count). The van der Waals surface area contributed by atoms with Gasteiger partial charge in [0.25, 0.3) is 0 Å². The van der Waals surface area contributed by atoms with Crippen LogP contribution in [0.2, 0.25) is 0 Å². The Kier molecular flexibility index (Phi) is 2.63. The highest BCUT2D eigenvalue weighted by atomic mass is 16.7. The largest absolute Gasteiger partial charge is 0.454 e. The van der Waals surface area contributed by atoms with Gasteiger partial charge in [0.05, 0.1) is 12.2 Å². The van der Waals surface area contributed by atoms with E-state index in [0.29, 0.717) is 18.8 Å². The number of rotatable bonds is 1. The van der Waals surface area contributed by atoms with Crippen LogP contribution in [0.25, 0.3) is 0 Å². The van der Waals surface area contributed by atoms with Crippen LogP contribution in [0.1, 0.15) is 23.5 Å². The van der Waals surface area contributed by atoms with Crippen molar-refractivity contribution in [1.82, 2.24) is 4.90 Å². The smallest absolute Gasteiger partial charge is 0.231 e. The molecule has 5 unspecified atom stereocenters. The third-order valence-electron chi connectivity index (χ3n) is 5.53. The predicted octanol–water partition coefficient (Wildman–Crippen LogP) is 1.40. The Labute approximate surface area is 129 Å². The average Bonchev–Trinajstić information content (AvgIpc) is 3.08. The third kappa shape index (κ3) is 1.64. The van der Waals surface area contributed by atoms with E-state index in [1.54, 1.807) is 7.11 Å². The molecule has 5 heteroatoms. The van der Waals surface area contributed by atoms with E-state index in [4.69, 9.17) is 14.2 Å². The average molecular weight is 301 g/mol. The van der Waals surface area contributed by atoms with Crippen molar-refractivity contribution >= 4 is 0 Å². The van der Waals surface area contributed by atoms with Crippen LogP contribution in [0.15, 0.2) is 23.8 Å². The molecule has 22 heavy (non-hydrogen) atoms. The van der Waals surface area contributed by atoms with Crippen molar-refractivity contribution in [3.8, 4) is 11.5 Å². The minimum atomic E-state index is -0.505. The molecule has 0 saturated carbocycles. The zero-order valence-electron chi connectivity index (χ0n) is 12.5. The number of nitrogens with zero attached hydrogens (tertiary/aromatic N) is 1. The molecule has 1 aromatic rings. The molecule has 1 aromatic carbocycles. The van der Waals surface area contributed by atoms with E-state index in [2.05, 4.69) is 17.0 Å². The molecule has 5 nitrogen and oxygen atoms in total. The van der Waals surface area contributed by atoms with Gasteiger partial charge in [-0.3, -0.25) is 4.90 Å². The maximum atomic E-state index is 10.3. The Hall–Kier alpha value is -1.56. The first-order valence-corrected chi connectivity index (χ1v) is 7.83. The number of benzene rings is 1. The van der Waals surface area contributed by atoms with E-state index in [-0.39, 0.29) is 6.10 Å². The summed E-state index contributed by atoms with van der Waals surface area (Å²) < 4.78 is 16.5. The summed E-state index contributed by atoms with van der Waals surface area (Å²) in [4.78, 5) is 2.50. The highest BCUT2D eigenvalue weighted by Gasteiger charge is 2.46. The molecular weight excluding hydrogens is 282 g/mol. The van der Waals surface area contributed by atoms with E-state index in [1.807, 2.05) is 6.08 Å². The lowest BCUT2D eigenvalue weighted by atomic mass is 9.82. The number of methoxy groups -OCH3 is 1. The van der Waals surface area contributed by atoms with E-state index in [1.165, 1.54) is 16.7 Å². The van der Waals surface area contributed by atoms with Crippen LogP contribution >= 0.6 is 0 Å². The number of hydrogen-bond acceptors (Lipinski definition) is 5. The SMILES string of the molecule is COC1CC2C(=CC1O)C1CN2Cc2cc3c(cc21)OCO3. The number of fused-ring (bicyclic) bond motifs is 8. The van der Waals surface area contributed by atoms with Crippen LogP contribution < -0.4 is 9.47 Å². The number of hydrogen-bond donors (Lipinski definition) is 1. The number of aliphatic hydroxyl groups excluding tert-OH is 1. The maximum Gasteiger partial charge on any atom is 0.231 e. The highest BCUT2D eigenvalue weighted by molar-refractivity contribution is 5.54. The molecular formula is C17H19NO4. The van der Waals surface area contributed by atoms with Gasteiger partial charge in [0.2, 0.25) is 6.79 Å². The van der Waals surface area contributed by atoms with Crippen molar-refractivity contribution < 1.29 is 19.3 Å². The van der Waals surface area contributed by atoms with Gasteiger partial charge in [0.1, 0.15) is 0 Å². The predicted molar refractivity (Wildman–Crippen MR) is 79.0 cm³/mol. The van der Waals surface area contributed by atoms with E-state index in [9.17, 15) is 5.11 Å². The summed E-state index contributed by atoms with van der Waals surface area (Å²) in [6, 6.07) is 4.64. The normalized spacial score (nSPS) is 37.5. The van der Waals surface area contributed by atoms with Gasteiger partial charge >= 0.3 is 0 Å². The first-order chi connectivity index (χ1) is 10.7. The molecule has 4 aliphatic rings. The van der Waals surface area contributed by atoms with Crippen molar-refractivity contribution in [2.24, 2.45) is 0 Å². The van der Waals surface area contributed by atoms with E-state index < -0.39 is 6.10 Å². The molecule has 1 fully saturated rings. The standard InChI is InChI=1S/C17H19NO4/c1-20-15-5-13-11(3-14(15)19)12-7-18(13)6-9-2-16-17(4-10(9)12)22-8-21-16/h2-4,12-15,19H,5-8H2,1H3. The third-order valence-corrected chi connectivity index (χ3v) is 5.53. The van der Waals surface area contributed by atoms with Crippen LogP contribution in [0.5, 0.6) is 11.5 Å². The van der Waals surface area contributed by atoms with Crippen LogP contribution in [0, 0.1) is 0 Å². The fourth-order valence-corrected chi connectivity index (χ4v) is 4.45. The Bertz CT molecular complexity index is 671. The van der Waals surface area contributed by atoms with E-state index in [0.717, 1.165) is 31.0 Å². The quantitative estimate of drug-likeness (QED) is 0.795. The van der Waals surface area contributed by atoms with Gasteiger partial charge in [-0.15, -0.1) is 0 Å². The lowest BCUT2D eigenvalue weighted by molar-refractivity contribution is -0.0108. The van der Waals surface area contributed by atoms with Crippen molar-refractivity contribution in [1.29, 1.82) is 0 Å². The molecule has 116 valence electrons. The van der Waals surface area contributed by atoms with Crippen molar-refractivity contribution in [3.05, 3.63) is 34.9 Å². The first kappa shape index (κ1) is 12.9. The monoisotopic (exact) mass is 301 g/mol. The summed E-state index contributed by atoms with van der Waals surface area (Å²) in [7, 11) is 1.68. The Morgan fingerprint density at radius 2 is 2.09 bits per heavy atom. The molecule has 1 saturated heterocycles. The summed E-state index contributed by atoms with van der Waals surface area (Å²) >= 11 is 0. The zero-order chi connectivity index (χ0) is 14.8. The number of ether oxygens (including phenoxy) is 3. The molecule has 0 aromatic heterocycles. The second-order valence-electron chi connectivity index (χ2n) is 6.57. The Morgan fingerprint density at radius 3 is 2.91 bits per heavy atom. The molecule has 3 aliphatic heterocycles. The lowest BCUT2D eigenvalue weighted by Crippen LogP contribution is -2.40. The Balaban J connectivity index is 1.59. The summed E-state index contributed by atoms with van der Waals surface area (Å²) in [6.45, 7) is 2.26. The highest BCUT2D eigenvalue weighted by Crippen LogP contribution is 2.49. The Morgan fingerprint density at radius 1 is 1.27 bits per heavy atom. The van der Waals surface area contributed by atoms with Gasteiger partial charge in [0.15, 0.2) is 11.5 Å². The molecule has 0 spiro atoms. The second kappa shape index (κ2) is 4.47. The lowest BCUT2D eigenvalue weighted by Gasteiger charge is -2.33. The van der Waals surface area contributed by atoms with Crippen molar-refractivity contribution in [3.63, 3.8) is 0 Å². The van der Waals surface area contributed by atoms with Crippen molar-refractivity contribution in [2.45, 2.75) is 37.1 Å². The summed E-state index contributed by atoms with van der Waals surface area (Å²) in [6.07, 6.45) is 2.27. The topological polar surface area (TPSA) is 51.2 Å². The van der Waals surface area contributed by atoms with Crippen LogP contribution in [-0.2, 0) is 11.3 Å². The van der Waals surface area contributed by atoms with Gasteiger partial charge in [-0.2, -0.15) is 0 Å². The van der Waals surface area contributed by atoms with Crippen LogP contribution in [0.3, 0.4) is 0 Å².